The van der Waals surface area contributed by atoms with Crippen molar-refractivity contribution in [3.63, 3.8) is 0 Å². The summed E-state index contributed by atoms with van der Waals surface area (Å²) >= 11 is 0. The molecule has 8 nitrogen and oxygen atoms in total. The van der Waals surface area contributed by atoms with E-state index in [9.17, 15) is 19.5 Å². The van der Waals surface area contributed by atoms with Gasteiger partial charge in [0.15, 0.2) is 0 Å². The van der Waals surface area contributed by atoms with E-state index in [1.54, 1.807) is 39.0 Å². The molecule has 5 rings (SSSR count). The number of esters is 1. The van der Waals surface area contributed by atoms with Gasteiger partial charge in [-0.2, -0.15) is 0 Å². The number of H-pyrrole nitrogens is 1. The topological polar surface area (TPSA) is 118 Å². The lowest BCUT2D eigenvalue weighted by atomic mass is 9.98. The third-order valence-electron chi connectivity index (χ3n) is 6.76. The number of carboxylic acid groups (broad SMARTS) is 1. The number of aromatic nitrogens is 1. The van der Waals surface area contributed by atoms with Gasteiger partial charge in [-0.15, -0.1) is 0 Å². The van der Waals surface area contributed by atoms with E-state index >= 15 is 0 Å². The minimum Gasteiger partial charge on any atom is -0.480 e. The van der Waals surface area contributed by atoms with E-state index in [2.05, 4.69) is 10.3 Å². The minimum absolute atomic E-state index is 0.0580. The van der Waals surface area contributed by atoms with Crippen LogP contribution in [0, 0.1) is 0 Å². The van der Waals surface area contributed by atoms with Gasteiger partial charge in [0.05, 0.1) is 0 Å². The first-order chi connectivity index (χ1) is 18.6. The number of hydrogen-bond acceptors (Lipinski definition) is 5. The first-order valence-corrected chi connectivity index (χ1v) is 12.8. The zero-order chi connectivity index (χ0) is 27.7. The Hall–Kier alpha value is -4.59. The quantitative estimate of drug-likeness (QED) is 0.268. The maximum Gasteiger partial charge on any atom is 0.407 e. The molecular formula is C31H30N2O6. The molecule has 0 saturated carbocycles. The van der Waals surface area contributed by atoms with E-state index in [-0.39, 0.29) is 24.6 Å². The van der Waals surface area contributed by atoms with E-state index in [1.165, 1.54) is 0 Å². The average Bonchev–Trinajstić information content (AvgIpc) is 3.42. The molecule has 4 aromatic rings. The molecule has 1 amide bonds. The molecule has 0 unspecified atom stereocenters. The van der Waals surface area contributed by atoms with Crippen LogP contribution in [0.3, 0.4) is 0 Å². The largest absolute Gasteiger partial charge is 0.480 e. The third kappa shape index (κ3) is 5.36. The van der Waals surface area contributed by atoms with Crippen LogP contribution in [0.1, 0.15) is 53.9 Å². The van der Waals surface area contributed by atoms with Crippen LogP contribution in [0.25, 0.3) is 22.0 Å². The number of hydrogen-bond donors (Lipinski definition) is 3. The van der Waals surface area contributed by atoms with Crippen molar-refractivity contribution in [2.24, 2.45) is 0 Å². The second-order valence-electron chi connectivity index (χ2n) is 10.6. The number of ether oxygens (including phenoxy) is 2. The zero-order valence-corrected chi connectivity index (χ0v) is 22.0. The van der Waals surface area contributed by atoms with E-state index in [4.69, 9.17) is 9.47 Å². The molecule has 1 aromatic heterocycles. The zero-order valence-electron chi connectivity index (χ0n) is 22.0. The molecule has 0 radical (unpaired) electrons. The molecule has 1 atom stereocenters. The van der Waals surface area contributed by atoms with E-state index in [0.29, 0.717) is 16.5 Å². The van der Waals surface area contributed by atoms with Gasteiger partial charge in [-0.05, 0) is 54.7 Å². The van der Waals surface area contributed by atoms with Gasteiger partial charge in [-0.3, -0.25) is 0 Å². The lowest BCUT2D eigenvalue weighted by Crippen LogP contribution is -2.43. The van der Waals surface area contributed by atoms with Crippen LogP contribution in [0.4, 0.5) is 4.79 Å². The Morgan fingerprint density at radius 3 is 2.13 bits per heavy atom. The molecule has 0 fully saturated rings. The average molecular weight is 527 g/mol. The Morgan fingerprint density at radius 2 is 1.51 bits per heavy atom. The summed E-state index contributed by atoms with van der Waals surface area (Å²) in [4.78, 5) is 41.1. The lowest BCUT2D eigenvalue weighted by molar-refractivity contribution is -0.139. The highest BCUT2D eigenvalue weighted by molar-refractivity contribution is 5.99. The van der Waals surface area contributed by atoms with Gasteiger partial charge in [0, 0.05) is 23.2 Å². The van der Waals surface area contributed by atoms with Crippen molar-refractivity contribution >= 4 is 28.9 Å². The summed E-state index contributed by atoms with van der Waals surface area (Å²) < 4.78 is 11.1. The Bertz CT molecular complexity index is 1520. The number of benzene rings is 3. The fourth-order valence-corrected chi connectivity index (χ4v) is 5.10. The van der Waals surface area contributed by atoms with Crippen LogP contribution in [-0.2, 0) is 20.7 Å². The van der Waals surface area contributed by atoms with Crippen molar-refractivity contribution in [3.8, 4) is 11.1 Å². The van der Waals surface area contributed by atoms with Crippen LogP contribution < -0.4 is 5.32 Å². The van der Waals surface area contributed by atoms with Crippen LogP contribution in [0.5, 0.6) is 0 Å². The fourth-order valence-electron chi connectivity index (χ4n) is 5.10. The molecule has 3 aromatic carbocycles. The van der Waals surface area contributed by atoms with Gasteiger partial charge in [0.1, 0.15) is 23.9 Å². The second-order valence-corrected chi connectivity index (χ2v) is 10.6. The molecule has 1 aliphatic rings. The van der Waals surface area contributed by atoms with Gasteiger partial charge in [0.25, 0.3) is 0 Å². The monoisotopic (exact) mass is 526 g/mol. The number of carbonyl (C=O) groups excluding carboxylic acids is 2. The van der Waals surface area contributed by atoms with Crippen molar-refractivity contribution in [1.29, 1.82) is 0 Å². The Kier molecular flexibility index (Phi) is 6.87. The maximum atomic E-state index is 13.0. The number of aromatic amines is 1. The smallest absolute Gasteiger partial charge is 0.407 e. The maximum absolute atomic E-state index is 13.0. The predicted octanol–water partition coefficient (Wildman–Crippen LogP) is 5.66. The lowest BCUT2D eigenvalue weighted by Gasteiger charge is -2.20. The first kappa shape index (κ1) is 26.0. The van der Waals surface area contributed by atoms with Crippen LogP contribution in [0.2, 0.25) is 0 Å². The van der Waals surface area contributed by atoms with Crippen molar-refractivity contribution in [2.75, 3.05) is 6.61 Å². The summed E-state index contributed by atoms with van der Waals surface area (Å²) in [5.41, 5.74) is 4.84. The molecule has 200 valence electrons. The highest BCUT2D eigenvalue weighted by Gasteiger charge is 2.31. The van der Waals surface area contributed by atoms with Gasteiger partial charge in [0.2, 0.25) is 0 Å². The number of nitrogens with one attached hydrogen (secondary N) is 2. The second kappa shape index (κ2) is 10.3. The standard InChI is InChI=1S/C31H30N2O6/c1-31(2,3)39-29(36)27-23(22-14-8-9-15-25(22)32-27)16-26(28(34)35)33-30(37)38-17-24-20-12-6-4-10-18(20)19-11-5-7-13-21(19)24/h4-15,24,26,32H,16-17H2,1-3H3,(H,33,37)(H,34,35)/t26-/m0/s1. The number of rotatable bonds is 7. The van der Waals surface area contributed by atoms with Crippen molar-refractivity contribution < 1.29 is 29.0 Å². The molecule has 3 N–H and O–H groups in total. The van der Waals surface area contributed by atoms with E-state index < -0.39 is 29.7 Å². The number of para-hydroxylation sites is 1. The SMILES string of the molecule is CC(C)(C)OC(=O)c1[nH]c2ccccc2c1C[C@H](NC(=O)OCC1c2ccccc2-c2ccccc21)C(=O)O. The number of carbonyl (C=O) groups is 3. The van der Waals surface area contributed by atoms with Gasteiger partial charge < -0.3 is 24.9 Å². The van der Waals surface area contributed by atoms with Gasteiger partial charge in [-0.25, -0.2) is 14.4 Å². The molecule has 0 saturated heterocycles. The predicted molar refractivity (Wildman–Crippen MR) is 147 cm³/mol. The molecule has 0 spiro atoms. The molecule has 0 bridgehead atoms. The van der Waals surface area contributed by atoms with Crippen molar-refractivity contribution in [1.82, 2.24) is 10.3 Å². The number of fused-ring (bicyclic) bond motifs is 4. The molecule has 39 heavy (non-hydrogen) atoms. The number of alkyl carbamates (subject to hydrolysis) is 1. The van der Waals surface area contributed by atoms with Crippen molar-refractivity contribution in [3.05, 3.63) is 95.2 Å². The third-order valence-corrected chi connectivity index (χ3v) is 6.76. The van der Waals surface area contributed by atoms with Crippen LogP contribution in [0.15, 0.2) is 72.8 Å². The highest BCUT2D eigenvalue weighted by atomic mass is 16.6. The summed E-state index contributed by atoms with van der Waals surface area (Å²) in [6.45, 7) is 5.33. The highest BCUT2D eigenvalue weighted by Crippen LogP contribution is 2.44. The molecular weight excluding hydrogens is 496 g/mol. The fraction of sp³-hybridized carbons (Fsp3) is 0.258. The van der Waals surface area contributed by atoms with Crippen molar-refractivity contribution in [2.45, 2.75) is 44.8 Å². The minimum atomic E-state index is -1.33. The Labute approximate surface area is 226 Å². The van der Waals surface area contributed by atoms with E-state index in [0.717, 1.165) is 22.3 Å². The Balaban J connectivity index is 1.34. The molecule has 1 heterocycles. The normalized spacial score (nSPS) is 13.4. The summed E-state index contributed by atoms with van der Waals surface area (Å²) in [7, 11) is 0. The molecule has 8 heteroatoms. The summed E-state index contributed by atoms with van der Waals surface area (Å²) in [6.07, 6.45) is -0.985. The molecule has 1 aliphatic carbocycles. The Morgan fingerprint density at radius 1 is 0.923 bits per heavy atom. The molecule has 0 aliphatic heterocycles. The van der Waals surface area contributed by atoms with Gasteiger partial charge in [-0.1, -0.05) is 66.7 Å². The number of amides is 1. The van der Waals surface area contributed by atoms with Gasteiger partial charge >= 0.3 is 18.0 Å². The first-order valence-electron chi connectivity index (χ1n) is 12.8. The summed E-state index contributed by atoms with van der Waals surface area (Å²) in [5, 5.41) is 13.1. The van der Waals surface area contributed by atoms with Crippen LogP contribution in [-0.4, -0.2) is 46.4 Å². The van der Waals surface area contributed by atoms with E-state index in [1.807, 2.05) is 54.6 Å². The summed E-state index contributed by atoms with van der Waals surface area (Å²) in [6, 6.07) is 21.8. The number of carboxylic acids is 1. The number of aliphatic carboxylic acids is 1. The summed E-state index contributed by atoms with van der Waals surface area (Å²) in [5.74, 6) is -2.00. The van der Waals surface area contributed by atoms with Crippen LogP contribution >= 0.6 is 0 Å².